The zero-order valence-corrected chi connectivity index (χ0v) is 13.0. The van der Waals surface area contributed by atoms with Crippen LogP contribution in [0.2, 0.25) is 5.02 Å². The van der Waals surface area contributed by atoms with Crippen molar-refractivity contribution in [2.75, 3.05) is 7.05 Å². The van der Waals surface area contributed by atoms with E-state index in [-0.39, 0.29) is 0 Å². The van der Waals surface area contributed by atoms with E-state index in [2.05, 4.69) is 48.6 Å². The number of nitrogens with one attached hydrogen (secondary N) is 1. The van der Waals surface area contributed by atoms with Gasteiger partial charge in [-0.25, -0.2) is 0 Å². The van der Waals surface area contributed by atoms with Crippen LogP contribution in [0.1, 0.15) is 23.1 Å². The zero-order valence-electron chi connectivity index (χ0n) is 12.2. The molecule has 1 nitrogen and oxygen atoms in total. The van der Waals surface area contributed by atoms with Gasteiger partial charge in [-0.15, -0.1) is 0 Å². The third-order valence-corrected chi connectivity index (χ3v) is 4.07. The average molecular weight is 288 g/mol. The fourth-order valence-corrected chi connectivity index (χ4v) is 2.70. The summed E-state index contributed by atoms with van der Waals surface area (Å²) >= 11 is 6.24. The summed E-state index contributed by atoms with van der Waals surface area (Å²) in [6.45, 7) is 2.14. The first-order chi connectivity index (χ1) is 9.69. The fraction of sp³-hybridized carbons (Fsp3) is 0.333. The molecular weight excluding hydrogens is 266 g/mol. The molecule has 0 aliphatic rings. The highest BCUT2D eigenvalue weighted by Gasteiger charge is 2.09. The van der Waals surface area contributed by atoms with Crippen molar-refractivity contribution in [2.45, 2.75) is 32.2 Å². The normalized spacial score (nSPS) is 12.3. The molecule has 0 heterocycles. The van der Waals surface area contributed by atoms with Gasteiger partial charge in [0.05, 0.1) is 0 Å². The van der Waals surface area contributed by atoms with E-state index in [9.17, 15) is 0 Å². The molecule has 1 atom stereocenters. The Kier molecular flexibility index (Phi) is 5.63. The Labute approximate surface area is 127 Å². The van der Waals surface area contributed by atoms with Gasteiger partial charge >= 0.3 is 0 Å². The summed E-state index contributed by atoms with van der Waals surface area (Å²) in [6.07, 6.45) is 3.19. The number of aryl methyl sites for hydroxylation is 2. The maximum Gasteiger partial charge on any atom is 0.0438 e. The molecule has 0 saturated carbocycles. The van der Waals surface area contributed by atoms with Crippen LogP contribution in [-0.4, -0.2) is 13.1 Å². The molecule has 1 unspecified atom stereocenters. The molecule has 0 aromatic heterocycles. The van der Waals surface area contributed by atoms with Crippen LogP contribution in [0.15, 0.2) is 48.5 Å². The van der Waals surface area contributed by atoms with Gasteiger partial charge in [0.25, 0.3) is 0 Å². The van der Waals surface area contributed by atoms with E-state index >= 15 is 0 Å². The van der Waals surface area contributed by atoms with E-state index in [4.69, 9.17) is 11.6 Å². The third kappa shape index (κ3) is 4.36. The number of rotatable bonds is 6. The minimum Gasteiger partial charge on any atom is -0.317 e. The molecule has 2 aromatic rings. The molecule has 0 saturated heterocycles. The topological polar surface area (TPSA) is 12.0 Å². The van der Waals surface area contributed by atoms with E-state index in [1.807, 2.05) is 19.2 Å². The van der Waals surface area contributed by atoms with Crippen LogP contribution >= 0.6 is 11.6 Å². The highest BCUT2D eigenvalue weighted by molar-refractivity contribution is 6.31. The van der Waals surface area contributed by atoms with Crippen LogP contribution in [0, 0.1) is 6.92 Å². The molecule has 20 heavy (non-hydrogen) atoms. The van der Waals surface area contributed by atoms with Crippen molar-refractivity contribution < 1.29 is 0 Å². The molecule has 2 heteroatoms. The molecule has 0 fully saturated rings. The van der Waals surface area contributed by atoms with Crippen molar-refractivity contribution in [3.05, 3.63) is 70.2 Å². The second-order valence-electron chi connectivity index (χ2n) is 5.31. The first kappa shape index (κ1) is 15.1. The van der Waals surface area contributed by atoms with Gasteiger partial charge < -0.3 is 5.32 Å². The van der Waals surface area contributed by atoms with Crippen molar-refractivity contribution in [1.29, 1.82) is 0 Å². The van der Waals surface area contributed by atoms with Crippen LogP contribution in [-0.2, 0) is 12.8 Å². The summed E-state index contributed by atoms with van der Waals surface area (Å²) in [5.41, 5.74) is 3.96. The number of likely N-dealkylation sites (N-methyl/N-ethyl adjacent to an activating group) is 1. The van der Waals surface area contributed by atoms with Gasteiger partial charge in [-0.3, -0.25) is 0 Å². The molecule has 0 aliphatic heterocycles. The Morgan fingerprint density at radius 1 is 1.10 bits per heavy atom. The highest BCUT2D eigenvalue weighted by atomic mass is 35.5. The van der Waals surface area contributed by atoms with E-state index in [1.165, 1.54) is 16.7 Å². The maximum absolute atomic E-state index is 6.24. The Hall–Kier alpha value is -1.31. The second kappa shape index (κ2) is 7.47. The summed E-state index contributed by atoms with van der Waals surface area (Å²) in [5, 5.41) is 4.27. The smallest absolute Gasteiger partial charge is 0.0438 e. The van der Waals surface area contributed by atoms with E-state index in [0.717, 1.165) is 24.3 Å². The van der Waals surface area contributed by atoms with Gasteiger partial charge in [0, 0.05) is 11.1 Å². The average Bonchev–Trinajstić information content (AvgIpc) is 2.45. The fourth-order valence-electron chi connectivity index (χ4n) is 2.49. The minimum atomic E-state index is 0.454. The predicted octanol–water partition coefficient (Wildman–Crippen LogP) is 4.41. The monoisotopic (exact) mass is 287 g/mol. The SMILES string of the molecule is CNC(CCc1cccc(C)c1)Cc1ccccc1Cl. The van der Waals surface area contributed by atoms with E-state index in [1.54, 1.807) is 0 Å². The Balaban J connectivity index is 1.94. The van der Waals surface area contributed by atoms with Crippen molar-refractivity contribution in [2.24, 2.45) is 0 Å². The Morgan fingerprint density at radius 3 is 2.60 bits per heavy atom. The summed E-state index contributed by atoms with van der Waals surface area (Å²) in [7, 11) is 2.03. The molecule has 0 aliphatic carbocycles. The zero-order chi connectivity index (χ0) is 14.4. The Bertz CT molecular complexity index is 551. The lowest BCUT2D eigenvalue weighted by molar-refractivity contribution is 0.520. The van der Waals surface area contributed by atoms with Gasteiger partial charge in [0.2, 0.25) is 0 Å². The molecule has 0 bridgehead atoms. The number of hydrogen-bond donors (Lipinski definition) is 1. The summed E-state index contributed by atoms with van der Waals surface area (Å²) in [6, 6.07) is 17.3. The number of benzene rings is 2. The van der Waals surface area contributed by atoms with Gasteiger partial charge in [-0.05, 0) is 50.4 Å². The van der Waals surface area contributed by atoms with Gasteiger partial charge in [-0.1, -0.05) is 59.6 Å². The highest BCUT2D eigenvalue weighted by Crippen LogP contribution is 2.18. The first-order valence-corrected chi connectivity index (χ1v) is 7.53. The van der Waals surface area contributed by atoms with Crippen molar-refractivity contribution in [1.82, 2.24) is 5.32 Å². The van der Waals surface area contributed by atoms with Crippen molar-refractivity contribution >= 4 is 11.6 Å². The van der Waals surface area contributed by atoms with Crippen LogP contribution in [0.3, 0.4) is 0 Å². The van der Waals surface area contributed by atoms with Crippen LogP contribution in [0.5, 0.6) is 0 Å². The lowest BCUT2D eigenvalue weighted by atomic mass is 9.98. The molecular formula is C18H22ClN. The quantitative estimate of drug-likeness (QED) is 0.830. The minimum absolute atomic E-state index is 0.454. The van der Waals surface area contributed by atoms with E-state index < -0.39 is 0 Å². The van der Waals surface area contributed by atoms with Gasteiger partial charge in [0.1, 0.15) is 0 Å². The molecule has 0 spiro atoms. The van der Waals surface area contributed by atoms with Gasteiger partial charge in [-0.2, -0.15) is 0 Å². The standard InChI is InChI=1S/C18H22ClN/c1-14-6-5-7-15(12-14)10-11-17(20-2)13-16-8-3-4-9-18(16)19/h3-9,12,17,20H,10-11,13H2,1-2H3. The number of hydrogen-bond acceptors (Lipinski definition) is 1. The maximum atomic E-state index is 6.24. The van der Waals surface area contributed by atoms with Crippen LogP contribution in [0.25, 0.3) is 0 Å². The molecule has 2 rings (SSSR count). The lowest BCUT2D eigenvalue weighted by Crippen LogP contribution is -2.28. The molecule has 0 amide bonds. The molecule has 0 radical (unpaired) electrons. The van der Waals surface area contributed by atoms with Crippen molar-refractivity contribution in [3.8, 4) is 0 Å². The largest absolute Gasteiger partial charge is 0.317 e. The second-order valence-corrected chi connectivity index (χ2v) is 5.72. The molecule has 2 aromatic carbocycles. The van der Waals surface area contributed by atoms with Gasteiger partial charge in [0.15, 0.2) is 0 Å². The lowest BCUT2D eigenvalue weighted by Gasteiger charge is -2.17. The first-order valence-electron chi connectivity index (χ1n) is 7.15. The summed E-state index contributed by atoms with van der Waals surface area (Å²) in [4.78, 5) is 0. The third-order valence-electron chi connectivity index (χ3n) is 3.70. The van der Waals surface area contributed by atoms with E-state index in [0.29, 0.717) is 6.04 Å². The summed E-state index contributed by atoms with van der Waals surface area (Å²) < 4.78 is 0. The molecule has 106 valence electrons. The summed E-state index contributed by atoms with van der Waals surface area (Å²) in [5.74, 6) is 0. The Morgan fingerprint density at radius 2 is 1.90 bits per heavy atom. The van der Waals surface area contributed by atoms with Crippen LogP contribution in [0.4, 0.5) is 0 Å². The van der Waals surface area contributed by atoms with Crippen molar-refractivity contribution in [3.63, 3.8) is 0 Å². The number of halogens is 1. The predicted molar refractivity (Wildman–Crippen MR) is 87.5 cm³/mol. The molecule has 1 N–H and O–H groups in total. The van der Waals surface area contributed by atoms with Crippen LogP contribution < -0.4 is 5.32 Å².